The first-order chi connectivity index (χ1) is 11.5. The molecule has 0 aliphatic heterocycles. The van der Waals surface area contributed by atoms with Gasteiger partial charge in [0.25, 0.3) is 18.4 Å². The van der Waals surface area contributed by atoms with E-state index in [-0.39, 0.29) is 17.9 Å². The van der Waals surface area contributed by atoms with Crippen LogP contribution in [0.25, 0.3) is 0 Å². The van der Waals surface area contributed by atoms with Crippen LogP contribution in [0.1, 0.15) is 22.2 Å². The van der Waals surface area contributed by atoms with Gasteiger partial charge in [-0.25, -0.2) is 4.79 Å². The van der Waals surface area contributed by atoms with E-state index in [0.717, 1.165) is 0 Å². The summed E-state index contributed by atoms with van der Waals surface area (Å²) in [6.07, 6.45) is -1.06. The average Bonchev–Trinajstić information content (AvgIpc) is 2.61. The summed E-state index contributed by atoms with van der Waals surface area (Å²) in [7, 11) is 1.27. The molecule has 124 valence electrons. The van der Waals surface area contributed by atoms with Crippen LogP contribution in [0, 0.1) is 10.1 Å². The molecule has 0 bridgehead atoms. The number of rotatable bonds is 7. The Morgan fingerprint density at radius 2 is 1.75 bits per heavy atom. The monoisotopic (exact) mass is 331 g/mol. The molecule has 8 nitrogen and oxygen atoms in total. The van der Waals surface area contributed by atoms with Gasteiger partial charge < -0.3 is 14.2 Å². The molecule has 0 aliphatic carbocycles. The molecule has 2 rings (SSSR count). The van der Waals surface area contributed by atoms with Crippen LogP contribution in [-0.2, 0) is 14.3 Å². The summed E-state index contributed by atoms with van der Waals surface area (Å²) in [6.45, 7) is 0.226. The third-order valence-electron chi connectivity index (χ3n) is 3.07. The molecule has 0 saturated heterocycles. The van der Waals surface area contributed by atoms with Crippen molar-refractivity contribution in [1.29, 1.82) is 0 Å². The van der Waals surface area contributed by atoms with Crippen LogP contribution in [0.3, 0.4) is 0 Å². The van der Waals surface area contributed by atoms with Gasteiger partial charge in [0.2, 0.25) is 0 Å². The molecule has 0 spiro atoms. The number of methoxy groups -OCH3 is 1. The van der Waals surface area contributed by atoms with Crippen molar-refractivity contribution in [2.45, 2.75) is 6.29 Å². The Kier molecular flexibility index (Phi) is 5.45. The molecule has 24 heavy (non-hydrogen) atoms. The summed E-state index contributed by atoms with van der Waals surface area (Å²) in [5.41, 5.74) is 0.729. The lowest BCUT2D eigenvalue weighted by Crippen LogP contribution is -2.11. The van der Waals surface area contributed by atoms with Crippen molar-refractivity contribution in [3.05, 3.63) is 69.8 Å². The minimum absolute atomic E-state index is 0.0855. The number of nitrogens with zero attached hydrogens (tertiary/aromatic N) is 1. The zero-order valence-corrected chi connectivity index (χ0v) is 12.6. The van der Waals surface area contributed by atoms with Crippen LogP contribution in [0.2, 0.25) is 0 Å². The van der Waals surface area contributed by atoms with E-state index in [4.69, 9.17) is 9.47 Å². The predicted molar refractivity (Wildman–Crippen MR) is 81.4 cm³/mol. The maximum Gasteiger partial charge on any atom is 0.337 e. The highest BCUT2D eigenvalue weighted by Crippen LogP contribution is 2.25. The molecule has 0 aromatic heterocycles. The summed E-state index contributed by atoms with van der Waals surface area (Å²) >= 11 is 0. The largest absolute Gasteiger partial charge is 0.465 e. The lowest BCUT2D eigenvalue weighted by Gasteiger charge is -2.17. The number of nitro groups is 1. The SMILES string of the molecule is COC(=O)c1ccc(C(OC=O)Oc2ccc([N+](=O)[O-])cc2)cc1. The maximum absolute atomic E-state index is 11.4. The number of carbonyl (C=O) groups is 2. The molecule has 0 amide bonds. The van der Waals surface area contributed by atoms with E-state index >= 15 is 0 Å². The molecule has 1 atom stereocenters. The second kappa shape index (κ2) is 7.73. The average molecular weight is 331 g/mol. The van der Waals surface area contributed by atoms with Crippen LogP contribution < -0.4 is 4.74 Å². The smallest absolute Gasteiger partial charge is 0.337 e. The number of hydrogen-bond donors (Lipinski definition) is 0. The highest BCUT2D eigenvalue weighted by atomic mass is 16.7. The van der Waals surface area contributed by atoms with Crippen LogP contribution in [0.15, 0.2) is 48.5 Å². The minimum atomic E-state index is -1.06. The molecule has 0 heterocycles. The molecular weight excluding hydrogens is 318 g/mol. The Hall–Kier alpha value is -3.42. The molecule has 0 fully saturated rings. The van der Waals surface area contributed by atoms with Crippen molar-refractivity contribution in [2.75, 3.05) is 7.11 Å². The van der Waals surface area contributed by atoms with Crippen molar-refractivity contribution in [3.8, 4) is 5.75 Å². The van der Waals surface area contributed by atoms with Gasteiger partial charge in [-0.15, -0.1) is 0 Å². The number of benzene rings is 2. The summed E-state index contributed by atoms with van der Waals surface area (Å²) in [6, 6.07) is 11.4. The highest BCUT2D eigenvalue weighted by molar-refractivity contribution is 5.89. The number of nitro benzene ring substituents is 1. The van der Waals surface area contributed by atoms with Crippen LogP contribution in [0.4, 0.5) is 5.69 Å². The fraction of sp³-hybridized carbons (Fsp3) is 0.125. The number of ether oxygens (including phenoxy) is 3. The summed E-state index contributed by atoms with van der Waals surface area (Å²) in [5.74, 6) is -0.213. The molecule has 0 radical (unpaired) electrons. The quantitative estimate of drug-likeness (QED) is 0.252. The lowest BCUT2D eigenvalue weighted by atomic mass is 10.1. The molecule has 0 aliphatic rings. The maximum atomic E-state index is 11.4. The van der Waals surface area contributed by atoms with Gasteiger partial charge in [0.15, 0.2) is 0 Å². The molecule has 2 aromatic carbocycles. The fourth-order valence-corrected chi connectivity index (χ4v) is 1.89. The van der Waals surface area contributed by atoms with Crippen molar-refractivity contribution in [1.82, 2.24) is 0 Å². The van der Waals surface area contributed by atoms with Crippen molar-refractivity contribution >= 4 is 18.1 Å². The van der Waals surface area contributed by atoms with E-state index in [1.807, 2.05) is 0 Å². The molecule has 0 saturated carbocycles. The standard InChI is InChI=1S/C16H13NO7/c1-22-15(19)11-2-4-12(5-3-11)16(23-10-18)24-14-8-6-13(7-9-14)17(20)21/h2-10,16H,1H3. The van der Waals surface area contributed by atoms with Crippen molar-refractivity contribution < 1.29 is 28.7 Å². The first-order valence-electron chi connectivity index (χ1n) is 6.73. The zero-order chi connectivity index (χ0) is 17.5. The summed E-state index contributed by atoms with van der Waals surface area (Å²) < 4.78 is 15.0. The van der Waals surface area contributed by atoms with Gasteiger partial charge in [-0.1, -0.05) is 12.1 Å². The zero-order valence-electron chi connectivity index (χ0n) is 12.6. The number of esters is 1. The number of non-ortho nitro benzene ring substituents is 1. The van der Waals surface area contributed by atoms with Gasteiger partial charge in [-0.2, -0.15) is 0 Å². The Bertz CT molecular complexity index is 725. The van der Waals surface area contributed by atoms with Gasteiger partial charge in [0.05, 0.1) is 17.6 Å². The van der Waals surface area contributed by atoms with Crippen molar-refractivity contribution in [2.24, 2.45) is 0 Å². The van der Waals surface area contributed by atoms with E-state index < -0.39 is 17.2 Å². The van der Waals surface area contributed by atoms with Crippen LogP contribution >= 0.6 is 0 Å². The molecule has 0 N–H and O–H groups in total. The fourth-order valence-electron chi connectivity index (χ4n) is 1.89. The number of hydrogen-bond acceptors (Lipinski definition) is 7. The normalized spacial score (nSPS) is 11.2. The highest BCUT2D eigenvalue weighted by Gasteiger charge is 2.16. The third-order valence-corrected chi connectivity index (χ3v) is 3.07. The summed E-state index contributed by atoms with van der Waals surface area (Å²) in [5, 5.41) is 10.6. The van der Waals surface area contributed by atoms with Crippen LogP contribution in [0.5, 0.6) is 5.75 Å². The first kappa shape index (κ1) is 16.9. The Morgan fingerprint density at radius 3 is 2.25 bits per heavy atom. The van der Waals surface area contributed by atoms with Gasteiger partial charge in [-0.05, 0) is 24.3 Å². The molecule has 1 unspecified atom stereocenters. The number of carbonyl (C=O) groups excluding carboxylic acids is 2. The lowest BCUT2D eigenvalue weighted by molar-refractivity contribution is -0.384. The van der Waals surface area contributed by atoms with Crippen molar-refractivity contribution in [3.63, 3.8) is 0 Å². The molecule has 2 aromatic rings. The van der Waals surface area contributed by atoms with E-state index in [2.05, 4.69) is 4.74 Å². The third kappa shape index (κ3) is 4.07. The van der Waals surface area contributed by atoms with E-state index in [1.165, 1.54) is 43.5 Å². The Morgan fingerprint density at radius 1 is 1.12 bits per heavy atom. The van der Waals surface area contributed by atoms with E-state index in [9.17, 15) is 19.7 Å². The minimum Gasteiger partial charge on any atom is -0.465 e. The van der Waals surface area contributed by atoms with E-state index in [0.29, 0.717) is 11.1 Å². The Balaban J connectivity index is 2.18. The van der Waals surface area contributed by atoms with E-state index in [1.54, 1.807) is 12.1 Å². The van der Waals surface area contributed by atoms with Crippen LogP contribution in [-0.4, -0.2) is 24.5 Å². The second-order valence-corrected chi connectivity index (χ2v) is 4.55. The Labute approximate surface area is 136 Å². The van der Waals surface area contributed by atoms with Gasteiger partial charge in [-0.3, -0.25) is 14.9 Å². The predicted octanol–water partition coefficient (Wildman–Crippen LogP) is 2.63. The van der Waals surface area contributed by atoms with Gasteiger partial charge >= 0.3 is 5.97 Å². The first-order valence-corrected chi connectivity index (χ1v) is 6.73. The summed E-state index contributed by atoms with van der Waals surface area (Å²) in [4.78, 5) is 32.2. The second-order valence-electron chi connectivity index (χ2n) is 4.55. The van der Waals surface area contributed by atoms with Gasteiger partial charge in [0, 0.05) is 17.7 Å². The topological polar surface area (TPSA) is 105 Å². The van der Waals surface area contributed by atoms with Gasteiger partial charge in [0.1, 0.15) is 5.75 Å². The molecular formula is C16H13NO7. The molecule has 8 heteroatoms.